The zero-order valence-electron chi connectivity index (χ0n) is 14.2. The van der Waals surface area contributed by atoms with E-state index in [1.807, 2.05) is 19.1 Å². The summed E-state index contributed by atoms with van der Waals surface area (Å²) in [6.45, 7) is 4.14. The smallest absolute Gasteiger partial charge is 0.162 e. The van der Waals surface area contributed by atoms with Crippen molar-refractivity contribution in [3.63, 3.8) is 0 Å². The highest BCUT2D eigenvalue weighted by Crippen LogP contribution is 2.35. The van der Waals surface area contributed by atoms with Crippen molar-refractivity contribution in [1.29, 1.82) is 0 Å². The molecule has 3 heteroatoms. The first-order chi connectivity index (χ1) is 11.1. The average molecular weight is 335 g/mol. The maximum absolute atomic E-state index is 12.2. The number of hydrogen-bond acceptors (Lipinski definition) is 2. The van der Waals surface area contributed by atoms with E-state index in [1.165, 1.54) is 32.1 Å². The molecule has 0 bridgehead atoms. The number of unbranched alkanes of at least 4 members (excludes halogenated alkanes) is 4. The number of Topliss-reactive ketones (excluding diaryl/α,β-unsaturated/α-hetero) is 1. The van der Waals surface area contributed by atoms with Gasteiger partial charge in [0.1, 0.15) is 11.5 Å². The first kappa shape index (κ1) is 18.1. The maximum atomic E-state index is 12.2. The van der Waals surface area contributed by atoms with Crippen molar-refractivity contribution in [2.75, 3.05) is 0 Å². The molecule has 0 aromatic heterocycles. The van der Waals surface area contributed by atoms with Gasteiger partial charge < -0.3 is 4.74 Å². The van der Waals surface area contributed by atoms with Crippen LogP contribution in [0.25, 0.3) is 0 Å². The number of carbonyl (C=O) groups is 1. The summed E-state index contributed by atoms with van der Waals surface area (Å²) in [6, 6.07) is 7.28. The third-order valence-electron chi connectivity index (χ3n) is 4.55. The lowest BCUT2D eigenvalue weighted by Gasteiger charge is -2.15. The summed E-state index contributed by atoms with van der Waals surface area (Å²) >= 11 is 5.89. The summed E-state index contributed by atoms with van der Waals surface area (Å²) in [4.78, 5) is 12.2. The number of ketones is 1. The molecule has 1 aliphatic rings. The molecule has 0 radical (unpaired) electrons. The van der Waals surface area contributed by atoms with Crippen LogP contribution in [0.4, 0.5) is 0 Å². The van der Waals surface area contributed by atoms with Crippen LogP contribution in [0.2, 0.25) is 5.02 Å². The van der Waals surface area contributed by atoms with Crippen LogP contribution in [0, 0.1) is 5.92 Å². The fraction of sp³-hybridized carbons (Fsp3) is 0.550. The summed E-state index contributed by atoms with van der Waals surface area (Å²) in [7, 11) is 0. The highest BCUT2D eigenvalue weighted by Gasteiger charge is 2.30. The fourth-order valence-corrected chi connectivity index (χ4v) is 3.44. The number of ether oxygens (including phenoxy) is 1. The van der Waals surface area contributed by atoms with Crippen LogP contribution in [0.1, 0.15) is 65.2 Å². The van der Waals surface area contributed by atoms with Gasteiger partial charge in [-0.3, -0.25) is 4.79 Å². The molecule has 1 aromatic rings. The Morgan fingerprint density at radius 3 is 2.57 bits per heavy atom. The van der Waals surface area contributed by atoms with Crippen molar-refractivity contribution in [2.24, 2.45) is 5.92 Å². The molecule has 2 rings (SSSR count). The summed E-state index contributed by atoms with van der Waals surface area (Å²) in [5.74, 6) is 2.13. The zero-order chi connectivity index (χ0) is 16.7. The van der Waals surface area contributed by atoms with Gasteiger partial charge in [-0.15, -0.1) is 0 Å². The van der Waals surface area contributed by atoms with E-state index in [1.54, 1.807) is 12.1 Å². The Morgan fingerprint density at radius 1 is 1.17 bits per heavy atom. The van der Waals surface area contributed by atoms with E-state index in [9.17, 15) is 4.79 Å². The first-order valence-corrected chi connectivity index (χ1v) is 9.17. The predicted octanol–water partition coefficient (Wildman–Crippen LogP) is 6.33. The Hall–Kier alpha value is -1.28. The largest absolute Gasteiger partial charge is 0.462 e. The Labute approximate surface area is 144 Å². The van der Waals surface area contributed by atoms with Crippen molar-refractivity contribution in [1.82, 2.24) is 0 Å². The SMILES string of the molecule is CCCCCCCC1CCC(=O)/C1=C(\C)Oc1ccc(Cl)cc1. The van der Waals surface area contributed by atoms with E-state index in [0.29, 0.717) is 17.4 Å². The molecule has 1 aromatic carbocycles. The third-order valence-corrected chi connectivity index (χ3v) is 4.80. The second-order valence-corrected chi connectivity index (χ2v) is 6.82. The van der Waals surface area contributed by atoms with Crippen LogP contribution in [0.3, 0.4) is 0 Å². The van der Waals surface area contributed by atoms with Crippen LogP contribution in [0.5, 0.6) is 5.75 Å². The monoisotopic (exact) mass is 334 g/mol. The standard InChI is InChI=1S/C20H27ClO2/c1-3-4-5-6-7-8-16-9-14-19(22)20(16)15(2)23-18-12-10-17(21)11-13-18/h10-13,16H,3-9,14H2,1-2H3/b20-15+. The van der Waals surface area contributed by atoms with Crippen LogP contribution in [0.15, 0.2) is 35.6 Å². The van der Waals surface area contributed by atoms with E-state index >= 15 is 0 Å². The maximum Gasteiger partial charge on any atom is 0.162 e. The molecule has 0 amide bonds. The van der Waals surface area contributed by atoms with Gasteiger partial charge in [0.25, 0.3) is 0 Å². The quantitative estimate of drug-likeness (QED) is 0.315. The summed E-state index contributed by atoms with van der Waals surface area (Å²) < 4.78 is 5.90. The van der Waals surface area contributed by atoms with Crippen LogP contribution < -0.4 is 4.74 Å². The van der Waals surface area contributed by atoms with Crippen LogP contribution in [-0.4, -0.2) is 5.78 Å². The minimum atomic E-state index is 0.259. The fourth-order valence-electron chi connectivity index (χ4n) is 3.31. The molecule has 2 nitrogen and oxygen atoms in total. The molecule has 1 atom stereocenters. The average Bonchev–Trinajstić information content (AvgIpc) is 2.90. The van der Waals surface area contributed by atoms with Crippen molar-refractivity contribution >= 4 is 17.4 Å². The van der Waals surface area contributed by atoms with Gasteiger partial charge >= 0.3 is 0 Å². The molecule has 23 heavy (non-hydrogen) atoms. The van der Waals surface area contributed by atoms with Gasteiger partial charge in [-0.05, 0) is 49.9 Å². The van der Waals surface area contributed by atoms with Gasteiger partial charge in [-0.2, -0.15) is 0 Å². The molecule has 0 saturated heterocycles. The second-order valence-electron chi connectivity index (χ2n) is 6.39. The minimum absolute atomic E-state index is 0.259. The lowest BCUT2D eigenvalue weighted by Crippen LogP contribution is -2.08. The molecule has 0 N–H and O–H groups in total. The number of rotatable bonds is 8. The second kappa shape index (κ2) is 9.12. The van der Waals surface area contributed by atoms with Gasteiger partial charge in [0.2, 0.25) is 0 Å². The molecule has 0 aliphatic heterocycles. The minimum Gasteiger partial charge on any atom is -0.462 e. The Bertz CT molecular complexity index is 545. The van der Waals surface area contributed by atoms with E-state index < -0.39 is 0 Å². The number of allylic oxidation sites excluding steroid dienone is 2. The molecule has 126 valence electrons. The summed E-state index contributed by atoms with van der Waals surface area (Å²) in [5.41, 5.74) is 0.912. The van der Waals surface area contributed by atoms with E-state index in [2.05, 4.69) is 6.92 Å². The Morgan fingerprint density at radius 2 is 1.87 bits per heavy atom. The number of halogens is 1. The highest BCUT2D eigenvalue weighted by atomic mass is 35.5. The molecule has 1 saturated carbocycles. The lowest BCUT2D eigenvalue weighted by molar-refractivity contribution is -0.114. The first-order valence-electron chi connectivity index (χ1n) is 8.79. The molecule has 1 aliphatic carbocycles. The molecule has 1 fully saturated rings. The van der Waals surface area contributed by atoms with Crippen molar-refractivity contribution < 1.29 is 9.53 Å². The van der Waals surface area contributed by atoms with E-state index in [4.69, 9.17) is 16.3 Å². The van der Waals surface area contributed by atoms with Gasteiger partial charge in [-0.1, -0.05) is 50.6 Å². The van der Waals surface area contributed by atoms with Gasteiger partial charge in [0.05, 0.1) is 0 Å². The molecule has 1 unspecified atom stereocenters. The Kier molecular flexibility index (Phi) is 7.16. The van der Waals surface area contributed by atoms with Crippen molar-refractivity contribution in [3.8, 4) is 5.75 Å². The third kappa shape index (κ3) is 5.39. The summed E-state index contributed by atoms with van der Waals surface area (Å²) in [5, 5.41) is 0.685. The van der Waals surface area contributed by atoms with Gasteiger partial charge in [0.15, 0.2) is 5.78 Å². The molecule has 0 heterocycles. The van der Waals surface area contributed by atoms with Crippen LogP contribution in [-0.2, 0) is 4.79 Å². The highest BCUT2D eigenvalue weighted by molar-refractivity contribution is 6.30. The van der Waals surface area contributed by atoms with Gasteiger partial charge in [0, 0.05) is 17.0 Å². The zero-order valence-corrected chi connectivity index (χ0v) is 15.0. The number of benzene rings is 1. The number of hydrogen-bond donors (Lipinski definition) is 0. The Balaban J connectivity index is 1.97. The van der Waals surface area contributed by atoms with E-state index in [0.717, 1.165) is 29.9 Å². The van der Waals surface area contributed by atoms with Crippen molar-refractivity contribution in [3.05, 3.63) is 40.6 Å². The predicted molar refractivity (Wildman–Crippen MR) is 95.9 cm³/mol. The van der Waals surface area contributed by atoms with Crippen molar-refractivity contribution in [2.45, 2.75) is 65.2 Å². The number of carbonyl (C=O) groups excluding carboxylic acids is 1. The molecular weight excluding hydrogens is 308 g/mol. The molecule has 0 spiro atoms. The van der Waals surface area contributed by atoms with Gasteiger partial charge in [-0.25, -0.2) is 0 Å². The van der Waals surface area contributed by atoms with Crippen LogP contribution >= 0.6 is 11.6 Å². The topological polar surface area (TPSA) is 26.3 Å². The molecular formula is C20H27ClO2. The lowest BCUT2D eigenvalue weighted by atomic mass is 9.94. The summed E-state index contributed by atoms with van der Waals surface area (Å²) in [6.07, 6.45) is 9.09. The normalized spacial score (nSPS) is 20.0. The van der Waals surface area contributed by atoms with E-state index in [-0.39, 0.29) is 5.78 Å².